The molecule has 0 aliphatic heterocycles. The number of urea groups is 1. The molecule has 0 aromatic heterocycles. The Morgan fingerprint density at radius 1 is 0.839 bits per heavy atom. The molecule has 0 heterocycles. The number of carbonyl (C=O) groups is 2. The molecule has 3 rings (SSSR count). The fourth-order valence-electron chi connectivity index (χ4n) is 3.34. The number of hydrogen-bond donors (Lipinski definition) is 2. The van der Waals surface area contributed by atoms with Crippen molar-refractivity contribution in [2.45, 2.75) is 25.9 Å². The predicted octanol–water partition coefficient (Wildman–Crippen LogP) is 4.43. The molecule has 3 aromatic carbocycles. The third kappa shape index (κ3) is 6.71. The molecule has 0 aliphatic carbocycles. The van der Waals surface area contributed by atoms with Gasteiger partial charge in [-0.25, -0.2) is 4.79 Å². The monoisotopic (exact) mass is 415 g/mol. The molecule has 0 radical (unpaired) electrons. The SMILES string of the molecule is Cc1ccc(C(NC(=O)CCNC(=O)N(C)Cc2ccccc2)c2ccccc2)cc1. The molecule has 0 saturated carbocycles. The van der Waals surface area contributed by atoms with E-state index in [0.29, 0.717) is 6.54 Å². The van der Waals surface area contributed by atoms with E-state index in [1.54, 1.807) is 11.9 Å². The second-order valence-electron chi connectivity index (χ2n) is 7.65. The van der Waals surface area contributed by atoms with Gasteiger partial charge in [-0.1, -0.05) is 90.5 Å². The van der Waals surface area contributed by atoms with E-state index >= 15 is 0 Å². The Hall–Kier alpha value is -3.60. The first-order valence-electron chi connectivity index (χ1n) is 10.5. The molecule has 0 aliphatic rings. The number of hydrogen-bond acceptors (Lipinski definition) is 2. The van der Waals surface area contributed by atoms with Crippen molar-refractivity contribution in [2.75, 3.05) is 13.6 Å². The van der Waals surface area contributed by atoms with Gasteiger partial charge in [0.2, 0.25) is 5.91 Å². The molecular weight excluding hydrogens is 386 g/mol. The highest BCUT2D eigenvalue weighted by Gasteiger charge is 2.17. The Kier molecular flexibility index (Phi) is 7.82. The number of nitrogens with zero attached hydrogens (tertiary/aromatic N) is 1. The molecule has 1 unspecified atom stereocenters. The van der Waals surface area contributed by atoms with Crippen LogP contribution in [-0.4, -0.2) is 30.4 Å². The van der Waals surface area contributed by atoms with Gasteiger partial charge in [-0.15, -0.1) is 0 Å². The lowest BCUT2D eigenvalue weighted by atomic mass is 9.97. The highest BCUT2D eigenvalue weighted by molar-refractivity contribution is 5.79. The first kappa shape index (κ1) is 22.1. The van der Waals surface area contributed by atoms with Crippen molar-refractivity contribution in [3.8, 4) is 0 Å². The van der Waals surface area contributed by atoms with Crippen molar-refractivity contribution in [3.63, 3.8) is 0 Å². The van der Waals surface area contributed by atoms with E-state index in [4.69, 9.17) is 0 Å². The fourth-order valence-corrected chi connectivity index (χ4v) is 3.34. The Labute approximate surface area is 184 Å². The zero-order chi connectivity index (χ0) is 22.1. The largest absolute Gasteiger partial charge is 0.345 e. The number of amides is 3. The number of benzene rings is 3. The second-order valence-corrected chi connectivity index (χ2v) is 7.65. The lowest BCUT2D eigenvalue weighted by Gasteiger charge is -2.21. The summed E-state index contributed by atoms with van der Waals surface area (Å²) in [5, 5.41) is 5.93. The van der Waals surface area contributed by atoms with Crippen LogP contribution in [0.2, 0.25) is 0 Å². The average molecular weight is 416 g/mol. The quantitative estimate of drug-likeness (QED) is 0.572. The van der Waals surface area contributed by atoms with Crippen molar-refractivity contribution in [3.05, 3.63) is 107 Å². The van der Waals surface area contributed by atoms with Gasteiger partial charge in [0.1, 0.15) is 0 Å². The van der Waals surface area contributed by atoms with E-state index in [2.05, 4.69) is 10.6 Å². The lowest BCUT2D eigenvalue weighted by Crippen LogP contribution is -2.39. The molecule has 0 spiro atoms. The second kappa shape index (κ2) is 11.0. The standard InChI is InChI=1S/C26H29N3O2/c1-20-13-15-23(16-14-20)25(22-11-7-4-8-12-22)28-24(30)17-18-27-26(31)29(2)19-21-9-5-3-6-10-21/h3-16,25H,17-19H2,1-2H3,(H,27,31)(H,28,30). The van der Waals surface area contributed by atoms with Gasteiger partial charge in [0.15, 0.2) is 0 Å². The molecule has 0 fully saturated rings. The van der Waals surface area contributed by atoms with E-state index in [9.17, 15) is 9.59 Å². The molecule has 160 valence electrons. The maximum atomic E-state index is 12.6. The molecule has 2 N–H and O–H groups in total. The molecule has 1 atom stereocenters. The van der Waals surface area contributed by atoms with Crippen LogP contribution in [0.3, 0.4) is 0 Å². The number of rotatable bonds is 8. The lowest BCUT2D eigenvalue weighted by molar-refractivity contribution is -0.121. The van der Waals surface area contributed by atoms with Crippen LogP contribution < -0.4 is 10.6 Å². The predicted molar refractivity (Wildman–Crippen MR) is 124 cm³/mol. The van der Waals surface area contributed by atoms with Crippen LogP contribution in [-0.2, 0) is 11.3 Å². The topological polar surface area (TPSA) is 61.4 Å². The normalized spacial score (nSPS) is 11.4. The Morgan fingerprint density at radius 3 is 2.06 bits per heavy atom. The van der Waals surface area contributed by atoms with E-state index in [-0.39, 0.29) is 30.9 Å². The summed E-state index contributed by atoms with van der Waals surface area (Å²) in [6, 6.07) is 27.4. The Balaban J connectivity index is 1.53. The average Bonchev–Trinajstić information content (AvgIpc) is 2.79. The first-order valence-corrected chi connectivity index (χ1v) is 10.5. The van der Waals surface area contributed by atoms with Crippen molar-refractivity contribution < 1.29 is 9.59 Å². The van der Waals surface area contributed by atoms with E-state index in [1.165, 1.54) is 5.56 Å². The van der Waals surface area contributed by atoms with Gasteiger partial charge in [0.25, 0.3) is 0 Å². The van der Waals surface area contributed by atoms with Crippen molar-refractivity contribution in [2.24, 2.45) is 0 Å². The number of aryl methyl sites for hydroxylation is 1. The molecule has 0 bridgehead atoms. The van der Waals surface area contributed by atoms with Gasteiger partial charge in [0, 0.05) is 26.6 Å². The van der Waals surface area contributed by atoms with E-state index in [1.807, 2.05) is 91.9 Å². The van der Waals surface area contributed by atoms with Gasteiger partial charge < -0.3 is 15.5 Å². The van der Waals surface area contributed by atoms with Crippen LogP contribution in [0.15, 0.2) is 84.9 Å². The van der Waals surface area contributed by atoms with Crippen molar-refractivity contribution in [1.29, 1.82) is 0 Å². The smallest absolute Gasteiger partial charge is 0.317 e. The zero-order valence-corrected chi connectivity index (χ0v) is 18.0. The van der Waals surface area contributed by atoms with Crippen molar-refractivity contribution in [1.82, 2.24) is 15.5 Å². The maximum Gasteiger partial charge on any atom is 0.317 e. The van der Waals surface area contributed by atoms with Crippen LogP contribution in [0, 0.1) is 6.92 Å². The van der Waals surface area contributed by atoms with Gasteiger partial charge in [-0.05, 0) is 23.6 Å². The minimum atomic E-state index is -0.231. The van der Waals surface area contributed by atoms with Crippen molar-refractivity contribution >= 4 is 11.9 Å². The first-order chi connectivity index (χ1) is 15.0. The molecule has 5 heteroatoms. The van der Waals surface area contributed by atoms with Crippen LogP contribution in [0.5, 0.6) is 0 Å². The summed E-state index contributed by atoms with van der Waals surface area (Å²) >= 11 is 0. The molecule has 3 aromatic rings. The highest BCUT2D eigenvalue weighted by Crippen LogP contribution is 2.22. The van der Waals surface area contributed by atoms with Gasteiger partial charge in [-0.3, -0.25) is 4.79 Å². The van der Waals surface area contributed by atoms with Crippen LogP contribution >= 0.6 is 0 Å². The summed E-state index contributed by atoms with van der Waals surface area (Å²) in [6.45, 7) is 2.83. The van der Waals surface area contributed by atoms with Crippen LogP contribution in [0.4, 0.5) is 4.79 Å². The number of carbonyl (C=O) groups excluding carboxylic acids is 2. The number of nitrogens with one attached hydrogen (secondary N) is 2. The minimum Gasteiger partial charge on any atom is -0.345 e. The Bertz CT molecular complexity index is 973. The van der Waals surface area contributed by atoms with Gasteiger partial charge in [-0.2, -0.15) is 0 Å². The minimum absolute atomic E-state index is 0.111. The van der Waals surface area contributed by atoms with Crippen LogP contribution in [0.1, 0.15) is 34.7 Å². The molecule has 3 amide bonds. The highest BCUT2D eigenvalue weighted by atomic mass is 16.2. The Morgan fingerprint density at radius 2 is 1.42 bits per heavy atom. The maximum absolute atomic E-state index is 12.6. The summed E-state index contributed by atoms with van der Waals surface area (Å²) in [7, 11) is 1.74. The summed E-state index contributed by atoms with van der Waals surface area (Å²) < 4.78 is 0. The van der Waals surface area contributed by atoms with Gasteiger partial charge in [0.05, 0.1) is 6.04 Å². The molecule has 31 heavy (non-hydrogen) atoms. The van der Waals surface area contributed by atoms with Crippen LogP contribution in [0.25, 0.3) is 0 Å². The third-order valence-corrected chi connectivity index (χ3v) is 5.09. The molecular formula is C26H29N3O2. The van der Waals surface area contributed by atoms with E-state index in [0.717, 1.165) is 16.7 Å². The summed E-state index contributed by atoms with van der Waals surface area (Å²) in [4.78, 5) is 26.5. The molecule has 5 nitrogen and oxygen atoms in total. The summed E-state index contributed by atoms with van der Waals surface area (Å²) in [5.74, 6) is -0.111. The third-order valence-electron chi connectivity index (χ3n) is 5.09. The van der Waals surface area contributed by atoms with E-state index < -0.39 is 0 Å². The van der Waals surface area contributed by atoms with Gasteiger partial charge >= 0.3 is 6.03 Å². The summed E-state index contributed by atoms with van der Waals surface area (Å²) in [5.41, 5.74) is 4.27. The fraction of sp³-hybridized carbons (Fsp3) is 0.231. The molecule has 0 saturated heterocycles. The zero-order valence-electron chi connectivity index (χ0n) is 18.0. The summed E-state index contributed by atoms with van der Waals surface area (Å²) in [6.07, 6.45) is 0.208.